The zero-order valence-electron chi connectivity index (χ0n) is 19.5. The summed E-state index contributed by atoms with van der Waals surface area (Å²) in [5.74, 6) is -1.30. The molecule has 4 aromatic rings. The van der Waals surface area contributed by atoms with Gasteiger partial charge in [0.1, 0.15) is 16.8 Å². The number of sulfonamides is 1. The van der Waals surface area contributed by atoms with Gasteiger partial charge < -0.3 is 4.74 Å². The molecule has 0 aliphatic rings. The first-order valence-corrected chi connectivity index (χ1v) is 13.9. The van der Waals surface area contributed by atoms with Crippen molar-refractivity contribution in [3.63, 3.8) is 0 Å². The van der Waals surface area contributed by atoms with Crippen LogP contribution in [0.15, 0.2) is 95.1 Å². The normalized spacial score (nSPS) is 12.7. The van der Waals surface area contributed by atoms with Crippen LogP contribution in [0.5, 0.6) is 0 Å². The molecule has 37 heavy (non-hydrogen) atoms. The average molecular weight is 544 g/mol. The Morgan fingerprint density at radius 1 is 1.03 bits per heavy atom. The fourth-order valence-corrected chi connectivity index (χ4v) is 5.56. The van der Waals surface area contributed by atoms with Crippen molar-refractivity contribution in [1.29, 1.82) is 0 Å². The number of halogens is 1. The summed E-state index contributed by atoms with van der Waals surface area (Å²) in [7, 11) is -8.01. The maximum absolute atomic E-state index is 14.6. The Bertz CT molecular complexity index is 1650. The maximum Gasteiger partial charge on any atom is 0.338 e. The van der Waals surface area contributed by atoms with Crippen LogP contribution in [0.3, 0.4) is 0 Å². The summed E-state index contributed by atoms with van der Waals surface area (Å²) in [4.78, 5) is 16.2. The lowest BCUT2D eigenvalue weighted by Gasteiger charge is -2.13. The molecule has 192 valence electrons. The molecular formula is C25H22FN3O6S2. The highest BCUT2D eigenvalue weighted by Crippen LogP contribution is 2.29. The van der Waals surface area contributed by atoms with E-state index in [1.807, 2.05) is 0 Å². The van der Waals surface area contributed by atoms with Crippen LogP contribution < -0.4 is 5.14 Å². The van der Waals surface area contributed by atoms with E-state index >= 15 is 0 Å². The second-order valence-electron chi connectivity index (χ2n) is 8.19. The van der Waals surface area contributed by atoms with Crippen LogP contribution in [0.1, 0.15) is 22.8 Å². The van der Waals surface area contributed by atoms with E-state index in [-0.39, 0.29) is 33.0 Å². The fraction of sp³-hybridized carbons (Fsp3) is 0.120. The minimum atomic E-state index is -4.11. The molecular weight excluding hydrogens is 521 g/mol. The number of carbonyl (C=O) groups excluding carboxylic acids is 1. The summed E-state index contributed by atoms with van der Waals surface area (Å²) < 4.78 is 70.6. The summed E-state index contributed by atoms with van der Waals surface area (Å²) >= 11 is 0. The Morgan fingerprint density at radius 2 is 1.73 bits per heavy atom. The van der Waals surface area contributed by atoms with Gasteiger partial charge in [0.05, 0.1) is 16.2 Å². The molecule has 2 aromatic heterocycles. The van der Waals surface area contributed by atoms with Gasteiger partial charge in [-0.15, -0.1) is 0 Å². The molecule has 2 aromatic carbocycles. The summed E-state index contributed by atoms with van der Waals surface area (Å²) in [6, 6.07) is 15.1. The molecule has 0 saturated carbocycles. The van der Waals surface area contributed by atoms with Gasteiger partial charge in [-0.3, -0.25) is 4.98 Å². The Hall–Kier alpha value is -3.87. The van der Waals surface area contributed by atoms with Crippen LogP contribution in [-0.2, 0) is 31.2 Å². The van der Waals surface area contributed by atoms with E-state index in [4.69, 9.17) is 9.88 Å². The summed E-state index contributed by atoms with van der Waals surface area (Å²) in [6.07, 6.45) is 3.42. The Kier molecular flexibility index (Phi) is 7.25. The van der Waals surface area contributed by atoms with Crippen molar-refractivity contribution in [1.82, 2.24) is 8.96 Å². The number of nitrogens with two attached hydrogens (primary N) is 1. The van der Waals surface area contributed by atoms with Crippen molar-refractivity contribution in [3.8, 4) is 11.3 Å². The molecule has 0 radical (unpaired) electrons. The first-order valence-electron chi connectivity index (χ1n) is 10.9. The van der Waals surface area contributed by atoms with Gasteiger partial charge in [0, 0.05) is 30.6 Å². The number of esters is 1. The lowest BCUT2D eigenvalue weighted by atomic mass is 10.1. The molecule has 0 fully saturated rings. The molecule has 0 saturated heterocycles. The van der Waals surface area contributed by atoms with Gasteiger partial charge in [-0.1, -0.05) is 12.1 Å². The van der Waals surface area contributed by atoms with E-state index in [2.05, 4.69) is 4.98 Å². The van der Waals surface area contributed by atoms with Gasteiger partial charge in [0.25, 0.3) is 10.0 Å². The number of nitrogens with zero attached hydrogens (tertiary/aromatic N) is 2. The van der Waals surface area contributed by atoms with Crippen LogP contribution in [0.2, 0.25) is 0 Å². The average Bonchev–Trinajstić information content (AvgIpc) is 3.28. The van der Waals surface area contributed by atoms with E-state index in [1.165, 1.54) is 79.3 Å². The van der Waals surface area contributed by atoms with Crippen LogP contribution >= 0.6 is 0 Å². The van der Waals surface area contributed by atoms with E-state index in [0.29, 0.717) is 5.56 Å². The Labute approximate surface area is 213 Å². The zero-order valence-corrected chi connectivity index (χ0v) is 21.1. The lowest BCUT2D eigenvalue weighted by Crippen LogP contribution is -2.18. The van der Waals surface area contributed by atoms with E-state index in [9.17, 15) is 26.0 Å². The second-order valence-corrected chi connectivity index (χ2v) is 11.6. The van der Waals surface area contributed by atoms with Crippen molar-refractivity contribution in [2.45, 2.75) is 29.2 Å². The van der Waals surface area contributed by atoms with Crippen LogP contribution in [0, 0.1) is 5.82 Å². The molecule has 2 N–H and O–H groups in total. The second kappa shape index (κ2) is 10.2. The van der Waals surface area contributed by atoms with Gasteiger partial charge >= 0.3 is 5.97 Å². The van der Waals surface area contributed by atoms with Crippen molar-refractivity contribution < 1.29 is 30.8 Å². The molecule has 4 rings (SSSR count). The highest BCUT2D eigenvalue weighted by atomic mass is 32.2. The molecule has 0 aliphatic heterocycles. The predicted molar refractivity (Wildman–Crippen MR) is 133 cm³/mol. The van der Waals surface area contributed by atoms with Crippen molar-refractivity contribution >= 4 is 26.0 Å². The monoisotopic (exact) mass is 543 g/mol. The number of ether oxygens (including phenoxy) is 1. The minimum Gasteiger partial charge on any atom is -0.459 e. The van der Waals surface area contributed by atoms with Gasteiger partial charge in [0.15, 0.2) is 0 Å². The number of carbonyl (C=O) groups is 1. The third-order valence-electron chi connectivity index (χ3n) is 5.43. The van der Waals surface area contributed by atoms with Gasteiger partial charge in [-0.25, -0.2) is 35.1 Å². The predicted octanol–water partition coefficient (Wildman–Crippen LogP) is 3.36. The molecule has 12 heteroatoms. The standard InChI is InChI=1S/C25H22FN3O6S2/c1-17(35-25(30)19-8-10-20(11-9-19)36(27,31)32)13-18-14-24(22-6-2-3-7-23(22)26)29(16-18)37(33,34)21-5-4-12-28-15-21/h2-12,14-17H,13H2,1H3,(H2,27,31,32). The number of primary sulfonamides is 1. The van der Waals surface area contributed by atoms with Gasteiger partial charge in [-0.2, -0.15) is 0 Å². The third kappa shape index (κ3) is 5.77. The summed E-state index contributed by atoms with van der Waals surface area (Å²) in [6.45, 7) is 1.62. The van der Waals surface area contributed by atoms with Crippen LogP contribution in [0.4, 0.5) is 4.39 Å². The fourth-order valence-electron chi connectivity index (χ4n) is 3.69. The number of pyridine rings is 1. The molecule has 0 spiro atoms. The highest BCUT2D eigenvalue weighted by molar-refractivity contribution is 7.90. The molecule has 1 atom stereocenters. The largest absolute Gasteiger partial charge is 0.459 e. The molecule has 1 unspecified atom stereocenters. The summed E-state index contributed by atoms with van der Waals surface area (Å²) in [5, 5.41) is 5.07. The minimum absolute atomic E-state index is 0.0721. The summed E-state index contributed by atoms with van der Waals surface area (Å²) in [5.41, 5.74) is 0.786. The van der Waals surface area contributed by atoms with E-state index in [0.717, 1.165) is 3.97 Å². The van der Waals surface area contributed by atoms with Crippen LogP contribution in [0.25, 0.3) is 11.3 Å². The first kappa shape index (κ1) is 26.2. The molecule has 0 bridgehead atoms. The Morgan fingerprint density at radius 3 is 2.35 bits per heavy atom. The SMILES string of the molecule is CC(Cc1cc(-c2ccccc2F)n(S(=O)(=O)c2cccnc2)c1)OC(=O)c1ccc(S(N)(=O)=O)cc1. The molecule has 9 nitrogen and oxygen atoms in total. The molecule has 0 aliphatic carbocycles. The number of rotatable bonds is 8. The molecule has 2 heterocycles. The Balaban J connectivity index is 1.62. The molecule has 0 amide bonds. The van der Waals surface area contributed by atoms with Gasteiger partial charge in [0.2, 0.25) is 10.0 Å². The number of aromatic nitrogens is 2. The first-order chi connectivity index (χ1) is 17.5. The van der Waals surface area contributed by atoms with Crippen molar-refractivity contribution in [2.75, 3.05) is 0 Å². The maximum atomic E-state index is 14.6. The lowest BCUT2D eigenvalue weighted by molar-refractivity contribution is 0.0343. The number of hydrogen-bond acceptors (Lipinski definition) is 7. The third-order valence-corrected chi connectivity index (χ3v) is 8.02. The highest BCUT2D eigenvalue weighted by Gasteiger charge is 2.24. The van der Waals surface area contributed by atoms with Gasteiger partial charge in [-0.05, 0) is 67.1 Å². The number of hydrogen-bond donors (Lipinski definition) is 1. The quantitative estimate of drug-likeness (QED) is 0.336. The van der Waals surface area contributed by atoms with Crippen molar-refractivity contribution in [2.24, 2.45) is 5.14 Å². The van der Waals surface area contributed by atoms with Crippen molar-refractivity contribution in [3.05, 3.63) is 102 Å². The van der Waals surface area contributed by atoms with E-state index < -0.39 is 37.9 Å². The smallest absolute Gasteiger partial charge is 0.338 e. The van der Waals surface area contributed by atoms with E-state index in [1.54, 1.807) is 13.0 Å². The zero-order chi connectivity index (χ0) is 26.8. The number of benzene rings is 2. The topological polar surface area (TPSA) is 138 Å². The van der Waals surface area contributed by atoms with Crippen LogP contribution in [-0.4, -0.2) is 37.9 Å².